The van der Waals surface area contributed by atoms with E-state index < -0.39 is 69.4 Å². The first-order chi connectivity index (χ1) is 22.9. The molecule has 1 heterocycles. The molecule has 2 aromatic carbocycles. The van der Waals surface area contributed by atoms with Gasteiger partial charge in [-0.25, -0.2) is 17.6 Å². The van der Waals surface area contributed by atoms with Crippen LogP contribution in [0.1, 0.15) is 99.9 Å². The second-order valence-electron chi connectivity index (χ2n) is 14.5. The average Bonchev–Trinajstić information content (AvgIpc) is 3.81. The second-order valence-corrected chi connectivity index (χ2v) is 15.8. The molecule has 5 fully saturated rings. The van der Waals surface area contributed by atoms with Gasteiger partial charge in [0.25, 0.3) is 0 Å². The quantitative estimate of drug-likeness (QED) is 0.174. The lowest BCUT2D eigenvalue weighted by Gasteiger charge is -2.34. The first-order valence-corrected chi connectivity index (χ1v) is 18.5. The minimum atomic E-state index is -4.75. The molecule has 4 saturated carbocycles. The molecule has 48 heavy (non-hydrogen) atoms. The van der Waals surface area contributed by atoms with E-state index in [2.05, 4.69) is 0 Å². The summed E-state index contributed by atoms with van der Waals surface area (Å²) in [6, 6.07) is 7.74. The maximum absolute atomic E-state index is 14.9. The van der Waals surface area contributed by atoms with Gasteiger partial charge in [-0.15, -0.1) is 0 Å². The molecular formula is C36H40FO10S-. The van der Waals surface area contributed by atoms with Crippen LogP contribution in [0.4, 0.5) is 4.39 Å². The Morgan fingerprint density at radius 1 is 1.00 bits per heavy atom. The van der Waals surface area contributed by atoms with E-state index in [1.165, 1.54) is 36.4 Å². The number of halogens is 1. The molecule has 12 heteroatoms. The Balaban J connectivity index is 1.10. The highest BCUT2D eigenvalue weighted by Gasteiger charge is 2.70. The van der Waals surface area contributed by atoms with Gasteiger partial charge in [-0.1, -0.05) is 33.1 Å². The molecule has 5 aliphatic rings. The molecule has 4 aliphatic carbocycles. The Bertz CT molecular complexity index is 1730. The van der Waals surface area contributed by atoms with Crippen molar-refractivity contribution in [2.75, 3.05) is 0 Å². The second kappa shape index (κ2) is 12.4. The molecule has 0 aromatic heterocycles. The van der Waals surface area contributed by atoms with Crippen molar-refractivity contribution in [1.82, 2.24) is 0 Å². The molecule has 0 amide bonds. The first kappa shape index (κ1) is 33.0. The molecule has 2 bridgehead atoms. The van der Waals surface area contributed by atoms with E-state index in [1.807, 2.05) is 13.8 Å². The predicted molar refractivity (Wildman–Crippen MR) is 167 cm³/mol. The molecule has 6 atom stereocenters. The van der Waals surface area contributed by atoms with Crippen LogP contribution in [0, 0.1) is 35.4 Å². The zero-order valence-corrected chi connectivity index (χ0v) is 27.8. The molecule has 1 aliphatic heterocycles. The third-order valence-electron chi connectivity index (χ3n) is 11.6. The first-order valence-electron chi connectivity index (χ1n) is 17.1. The van der Waals surface area contributed by atoms with Crippen LogP contribution in [-0.2, 0) is 29.2 Å². The third kappa shape index (κ3) is 5.78. The summed E-state index contributed by atoms with van der Waals surface area (Å²) in [7, 11) is -4.75. The van der Waals surface area contributed by atoms with Crippen LogP contribution in [-0.4, -0.2) is 48.7 Å². The number of ether oxygens (including phenoxy) is 4. The molecule has 0 radical (unpaired) electrons. The standard InChI is InChI=1S/C36H41FO10S/c1-19(2)36(14-6-7-15-36)47-27-16-21(10-12-26(27)37)33(38)45-31-24-18-25-30(35(40)46-32(25)31)29(24)34(39)44-22-11-13-28(48(41,42)43)23(17-22)20-8-4-3-5-9-20/h10-13,16-17,19-20,24-25,29-32H,3-9,14-15,18H2,1-2H3,(H,41,42,43)/p-1. The Labute approximate surface area is 279 Å². The lowest BCUT2D eigenvalue weighted by Crippen LogP contribution is -2.44. The monoisotopic (exact) mass is 683 g/mol. The van der Waals surface area contributed by atoms with Crippen LogP contribution in [0.15, 0.2) is 41.3 Å². The number of hydrogen-bond acceptors (Lipinski definition) is 10. The van der Waals surface area contributed by atoms with Crippen LogP contribution < -0.4 is 9.47 Å². The smallest absolute Gasteiger partial charge is 0.338 e. The topological polar surface area (TPSA) is 145 Å². The van der Waals surface area contributed by atoms with E-state index in [9.17, 15) is 31.7 Å². The largest absolute Gasteiger partial charge is 0.744 e. The molecule has 1 saturated heterocycles. The van der Waals surface area contributed by atoms with Crippen LogP contribution in [0.2, 0.25) is 0 Å². The van der Waals surface area contributed by atoms with Crippen molar-refractivity contribution < 1.29 is 50.7 Å². The van der Waals surface area contributed by atoms with Crippen molar-refractivity contribution in [2.45, 2.75) is 107 Å². The summed E-state index contributed by atoms with van der Waals surface area (Å²) >= 11 is 0. The lowest BCUT2D eigenvalue weighted by molar-refractivity contribution is -0.149. The highest BCUT2D eigenvalue weighted by Crippen LogP contribution is 2.59. The van der Waals surface area contributed by atoms with Gasteiger partial charge in [0.05, 0.1) is 22.3 Å². The molecule has 0 N–H and O–H groups in total. The fraction of sp³-hybridized carbons (Fsp3) is 0.583. The molecule has 258 valence electrons. The van der Waals surface area contributed by atoms with Gasteiger partial charge in [-0.3, -0.25) is 9.59 Å². The third-order valence-corrected chi connectivity index (χ3v) is 12.5. The number of hydrogen-bond donors (Lipinski definition) is 0. The maximum Gasteiger partial charge on any atom is 0.338 e. The normalized spacial score (nSPS) is 29.2. The zero-order valence-electron chi connectivity index (χ0n) is 27.0. The van der Waals surface area contributed by atoms with E-state index in [1.54, 1.807) is 0 Å². The fourth-order valence-corrected chi connectivity index (χ4v) is 9.84. The number of benzene rings is 2. The van der Waals surface area contributed by atoms with Crippen molar-refractivity contribution >= 4 is 28.0 Å². The summed E-state index contributed by atoms with van der Waals surface area (Å²) in [6.07, 6.45) is 6.57. The van der Waals surface area contributed by atoms with Crippen molar-refractivity contribution in [3.05, 3.63) is 53.3 Å². The van der Waals surface area contributed by atoms with Gasteiger partial charge in [0.1, 0.15) is 33.7 Å². The molecule has 6 unspecified atom stereocenters. The van der Waals surface area contributed by atoms with Gasteiger partial charge >= 0.3 is 17.9 Å². The Morgan fingerprint density at radius 3 is 2.42 bits per heavy atom. The Hall–Kier alpha value is -3.51. The van der Waals surface area contributed by atoms with Gasteiger partial charge in [0.15, 0.2) is 11.6 Å². The average molecular weight is 684 g/mol. The molecule has 0 spiro atoms. The van der Waals surface area contributed by atoms with Gasteiger partial charge in [-0.05, 0) is 98.7 Å². The molecule has 2 aromatic rings. The maximum atomic E-state index is 14.9. The van der Waals surface area contributed by atoms with E-state index in [0.717, 1.165) is 57.8 Å². The summed E-state index contributed by atoms with van der Waals surface area (Å²) in [4.78, 5) is 39.9. The summed E-state index contributed by atoms with van der Waals surface area (Å²) in [5.74, 6) is -5.19. The minimum Gasteiger partial charge on any atom is -0.744 e. The number of rotatable bonds is 9. The van der Waals surface area contributed by atoms with Crippen molar-refractivity contribution in [3.8, 4) is 11.5 Å². The number of carbonyl (C=O) groups is 3. The zero-order chi connectivity index (χ0) is 34.0. The van der Waals surface area contributed by atoms with Crippen molar-refractivity contribution in [2.24, 2.45) is 29.6 Å². The van der Waals surface area contributed by atoms with Crippen LogP contribution in [0.25, 0.3) is 0 Å². The molecular weight excluding hydrogens is 643 g/mol. The van der Waals surface area contributed by atoms with E-state index in [4.69, 9.17) is 18.9 Å². The summed E-state index contributed by atoms with van der Waals surface area (Å²) in [5.41, 5.74) is -0.102. The van der Waals surface area contributed by atoms with Gasteiger partial charge in [0, 0.05) is 11.8 Å². The highest BCUT2D eigenvalue weighted by atomic mass is 32.2. The Morgan fingerprint density at radius 2 is 1.73 bits per heavy atom. The van der Waals surface area contributed by atoms with Crippen molar-refractivity contribution in [1.29, 1.82) is 0 Å². The summed E-state index contributed by atoms with van der Waals surface area (Å²) < 4.78 is 74.6. The number of esters is 3. The molecule has 7 rings (SSSR count). The van der Waals surface area contributed by atoms with Gasteiger partial charge in [-0.2, -0.15) is 0 Å². The van der Waals surface area contributed by atoms with Gasteiger partial charge < -0.3 is 23.5 Å². The fourth-order valence-electron chi connectivity index (χ4n) is 9.09. The highest BCUT2D eigenvalue weighted by molar-refractivity contribution is 7.85. The lowest BCUT2D eigenvalue weighted by atomic mass is 9.78. The number of carbonyl (C=O) groups excluding carboxylic acids is 3. The van der Waals surface area contributed by atoms with Crippen LogP contribution >= 0.6 is 0 Å². The predicted octanol–water partition coefficient (Wildman–Crippen LogP) is 6.06. The summed E-state index contributed by atoms with van der Waals surface area (Å²) in [6.45, 7) is 4.08. The molecule has 10 nitrogen and oxygen atoms in total. The van der Waals surface area contributed by atoms with Crippen LogP contribution in [0.3, 0.4) is 0 Å². The van der Waals surface area contributed by atoms with E-state index in [-0.39, 0.29) is 39.7 Å². The number of fused-ring (bicyclic) bond motifs is 1. The van der Waals surface area contributed by atoms with Gasteiger partial charge in [0.2, 0.25) is 0 Å². The van der Waals surface area contributed by atoms with E-state index in [0.29, 0.717) is 12.0 Å². The van der Waals surface area contributed by atoms with Crippen molar-refractivity contribution in [3.63, 3.8) is 0 Å². The summed E-state index contributed by atoms with van der Waals surface area (Å²) in [5, 5.41) is 0. The van der Waals surface area contributed by atoms with Crippen LogP contribution in [0.5, 0.6) is 11.5 Å². The minimum absolute atomic E-state index is 0.0230. The SMILES string of the molecule is CC(C)C1(Oc2cc(C(=O)OC3C4CC5C3OC(=O)C5C4C(=O)Oc3ccc(S(=O)(=O)[O-])c(C4CCCCC4)c3)ccc2F)CCCC1. The van der Waals surface area contributed by atoms with E-state index >= 15 is 0 Å². The Kier molecular flexibility index (Phi) is 8.55.